The van der Waals surface area contributed by atoms with E-state index in [2.05, 4.69) is 17.2 Å². The molecule has 25 heavy (non-hydrogen) atoms. The van der Waals surface area contributed by atoms with Gasteiger partial charge in [0.1, 0.15) is 12.4 Å². The van der Waals surface area contributed by atoms with Crippen LogP contribution in [0.4, 0.5) is 5.82 Å². The Morgan fingerprint density at radius 2 is 2.08 bits per heavy atom. The molecule has 1 saturated heterocycles. The maximum atomic E-state index is 13.0. The number of carbonyl (C=O) groups is 2. The molecular weight excluding hydrogens is 316 g/mol. The van der Waals surface area contributed by atoms with Crippen LogP contribution in [0.2, 0.25) is 0 Å². The Kier molecular flexibility index (Phi) is 5.89. The Bertz CT molecular complexity index is 613. The molecule has 1 N–H and O–H groups in total. The predicted octanol–water partition coefficient (Wildman–Crippen LogP) is 2.52. The van der Waals surface area contributed by atoms with Gasteiger partial charge in [-0.05, 0) is 37.8 Å². The van der Waals surface area contributed by atoms with Gasteiger partial charge in [-0.2, -0.15) is 0 Å². The first-order valence-corrected chi connectivity index (χ1v) is 9.47. The highest BCUT2D eigenvalue weighted by Gasteiger charge is 2.27. The molecule has 0 atom stereocenters. The minimum absolute atomic E-state index is 0.0434. The fourth-order valence-electron chi connectivity index (χ4n) is 3.73. The number of nitrogens with zero attached hydrogens (tertiary/aromatic N) is 3. The van der Waals surface area contributed by atoms with Crippen LogP contribution >= 0.6 is 0 Å². The van der Waals surface area contributed by atoms with Crippen LogP contribution in [-0.2, 0) is 4.79 Å². The summed E-state index contributed by atoms with van der Waals surface area (Å²) in [6.45, 7) is 4.34. The molecule has 2 aliphatic rings. The zero-order valence-electron chi connectivity index (χ0n) is 15.0. The van der Waals surface area contributed by atoms with Crippen molar-refractivity contribution in [1.82, 2.24) is 14.8 Å². The largest absolute Gasteiger partial charge is 0.367 e. The van der Waals surface area contributed by atoms with E-state index < -0.39 is 0 Å². The van der Waals surface area contributed by atoms with Gasteiger partial charge in [-0.3, -0.25) is 9.59 Å². The molecule has 0 unspecified atom stereocenters. The summed E-state index contributed by atoms with van der Waals surface area (Å²) in [4.78, 5) is 33.4. The monoisotopic (exact) mass is 344 g/mol. The van der Waals surface area contributed by atoms with Crippen LogP contribution < -0.4 is 5.32 Å². The molecule has 0 spiro atoms. The highest BCUT2D eigenvalue weighted by molar-refractivity contribution is 6.00. The van der Waals surface area contributed by atoms with Gasteiger partial charge in [0.25, 0.3) is 5.91 Å². The van der Waals surface area contributed by atoms with E-state index in [1.165, 1.54) is 12.8 Å². The lowest BCUT2D eigenvalue weighted by atomic mass is 10.2. The Labute approximate surface area is 149 Å². The molecule has 2 fully saturated rings. The van der Waals surface area contributed by atoms with Crippen LogP contribution in [0.1, 0.15) is 55.8 Å². The van der Waals surface area contributed by atoms with Crippen molar-refractivity contribution in [3.8, 4) is 0 Å². The van der Waals surface area contributed by atoms with Crippen LogP contribution in [0.15, 0.2) is 18.3 Å². The number of rotatable bonds is 5. The number of hydrogen-bond acceptors (Lipinski definition) is 4. The van der Waals surface area contributed by atoms with Crippen molar-refractivity contribution in [3.63, 3.8) is 0 Å². The Morgan fingerprint density at radius 1 is 1.28 bits per heavy atom. The van der Waals surface area contributed by atoms with Crippen LogP contribution in [0.25, 0.3) is 0 Å². The SMILES string of the molecule is CCCN1CCCN(C(=O)c2cccnc2NC2CCCC2)CC1=O. The first-order valence-electron chi connectivity index (χ1n) is 9.47. The highest BCUT2D eigenvalue weighted by Crippen LogP contribution is 2.24. The van der Waals surface area contributed by atoms with E-state index in [1.807, 2.05) is 11.0 Å². The highest BCUT2D eigenvalue weighted by atomic mass is 16.2. The third kappa shape index (κ3) is 4.30. The maximum absolute atomic E-state index is 13.0. The Morgan fingerprint density at radius 3 is 2.84 bits per heavy atom. The van der Waals surface area contributed by atoms with Crippen molar-refractivity contribution in [2.24, 2.45) is 0 Å². The van der Waals surface area contributed by atoms with E-state index >= 15 is 0 Å². The van der Waals surface area contributed by atoms with Crippen LogP contribution in [0.5, 0.6) is 0 Å². The molecule has 136 valence electrons. The van der Waals surface area contributed by atoms with Crippen molar-refractivity contribution in [3.05, 3.63) is 23.9 Å². The number of aromatic nitrogens is 1. The minimum Gasteiger partial charge on any atom is -0.367 e. The third-order valence-electron chi connectivity index (χ3n) is 5.05. The van der Waals surface area contributed by atoms with E-state index in [0.29, 0.717) is 24.0 Å². The van der Waals surface area contributed by atoms with Gasteiger partial charge in [-0.15, -0.1) is 0 Å². The van der Waals surface area contributed by atoms with Gasteiger partial charge < -0.3 is 15.1 Å². The molecule has 0 aromatic carbocycles. The average Bonchev–Trinajstić information content (AvgIpc) is 3.06. The second kappa shape index (κ2) is 8.32. The molecule has 0 bridgehead atoms. The summed E-state index contributed by atoms with van der Waals surface area (Å²) in [5.41, 5.74) is 0.575. The summed E-state index contributed by atoms with van der Waals surface area (Å²) in [5, 5.41) is 3.43. The Hall–Kier alpha value is -2.11. The Balaban J connectivity index is 1.73. The number of nitrogens with one attached hydrogen (secondary N) is 1. The summed E-state index contributed by atoms with van der Waals surface area (Å²) in [6, 6.07) is 3.99. The molecule has 1 aliphatic carbocycles. The molecule has 2 amide bonds. The molecule has 0 radical (unpaired) electrons. The standard InChI is InChI=1S/C19H28N4O2/c1-2-11-22-12-6-13-23(14-17(22)24)19(25)16-9-5-10-20-18(16)21-15-7-3-4-8-15/h5,9-10,15H,2-4,6-8,11-14H2,1H3,(H,20,21). The zero-order valence-corrected chi connectivity index (χ0v) is 15.0. The number of anilines is 1. The van der Waals surface area contributed by atoms with Gasteiger partial charge in [0.15, 0.2) is 0 Å². The van der Waals surface area contributed by atoms with Crippen LogP contribution in [-0.4, -0.2) is 58.8 Å². The third-order valence-corrected chi connectivity index (χ3v) is 5.05. The van der Waals surface area contributed by atoms with Crippen molar-refractivity contribution in [2.45, 2.75) is 51.5 Å². The minimum atomic E-state index is -0.0969. The summed E-state index contributed by atoms with van der Waals surface area (Å²) in [5.74, 6) is 0.601. The lowest BCUT2D eigenvalue weighted by Gasteiger charge is -2.23. The first kappa shape index (κ1) is 17.7. The average molecular weight is 344 g/mol. The second-order valence-electron chi connectivity index (χ2n) is 6.99. The summed E-state index contributed by atoms with van der Waals surface area (Å²) in [6.07, 6.45) is 8.17. The van der Waals surface area contributed by atoms with Crippen LogP contribution in [0, 0.1) is 0 Å². The molecule has 6 nitrogen and oxygen atoms in total. The van der Waals surface area contributed by atoms with Crippen LogP contribution in [0.3, 0.4) is 0 Å². The van der Waals surface area contributed by atoms with Crippen molar-refractivity contribution < 1.29 is 9.59 Å². The predicted molar refractivity (Wildman–Crippen MR) is 97.5 cm³/mol. The molecule has 1 saturated carbocycles. The summed E-state index contributed by atoms with van der Waals surface area (Å²) in [7, 11) is 0. The maximum Gasteiger partial charge on any atom is 0.258 e. The molecule has 6 heteroatoms. The van der Waals surface area contributed by atoms with Gasteiger partial charge in [0.2, 0.25) is 5.91 Å². The summed E-state index contributed by atoms with van der Waals surface area (Å²) < 4.78 is 0. The number of amides is 2. The second-order valence-corrected chi connectivity index (χ2v) is 6.99. The fourth-order valence-corrected chi connectivity index (χ4v) is 3.73. The number of pyridine rings is 1. The zero-order chi connectivity index (χ0) is 17.6. The quantitative estimate of drug-likeness (QED) is 0.891. The molecule has 3 rings (SSSR count). The van der Waals surface area contributed by atoms with Crippen molar-refractivity contribution >= 4 is 17.6 Å². The van der Waals surface area contributed by atoms with E-state index in [4.69, 9.17) is 0 Å². The van der Waals surface area contributed by atoms with E-state index in [9.17, 15) is 9.59 Å². The lowest BCUT2D eigenvalue weighted by Crippen LogP contribution is -2.40. The van der Waals surface area contributed by atoms with Gasteiger partial charge in [-0.1, -0.05) is 19.8 Å². The number of hydrogen-bond donors (Lipinski definition) is 1. The topological polar surface area (TPSA) is 65.5 Å². The molecule has 1 aromatic rings. The van der Waals surface area contributed by atoms with Gasteiger partial charge in [-0.25, -0.2) is 4.98 Å². The lowest BCUT2D eigenvalue weighted by molar-refractivity contribution is -0.130. The molecule has 2 heterocycles. The van der Waals surface area contributed by atoms with Gasteiger partial charge in [0, 0.05) is 31.9 Å². The molecule has 1 aliphatic heterocycles. The number of carbonyl (C=O) groups excluding carboxylic acids is 2. The van der Waals surface area contributed by atoms with Crippen molar-refractivity contribution in [1.29, 1.82) is 0 Å². The van der Waals surface area contributed by atoms with Gasteiger partial charge in [0.05, 0.1) is 5.56 Å². The van der Waals surface area contributed by atoms with E-state index in [1.54, 1.807) is 17.2 Å². The molecular formula is C19H28N4O2. The normalized spacial score (nSPS) is 19.2. The molecule has 1 aromatic heterocycles. The van der Waals surface area contributed by atoms with Crippen molar-refractivity contribution in [2.75, 3.05) is 31.5 Å². The van der Waals surface area contributed by atoms with E-state index in [-0.39, 0.29) is 18.4 Å². The summed E-state index contributed by atoms with van der Waals surface area (Å²) >= 11 is 0. The fraction of sp³-hybridized carbons (Fsp3) is 0.632. The van der Waals surface area contributed by atoms with Gasteiger partial charge >= 0.3 is 0 Å². The van der Waals surface area contributed by atoms with E-state index in [0.717, 1.165) is 38.8 Å². The first-order chi connectivity index (χ1) is 12.2. The smallest absolute Gasteiger partial charge is 0.258 e.